The average Bonchev–Trinajstić information content (AvgIpc) is 2.42. The van der Waals surface area contributed by atoms with E-state index in [1.165, 1.54) is 13.2 Å². The second kappa shape index (κ2) is 5.77. The Labute approximate surface area is 121 Å². The zero-order chi connectivity index (χ0) is 14.9. The molecule has 0 aromatic heterocycles. The smallest absolute Gasteiger partial charge is 0.131 e. The fourth-order valence-corrected chi connectivity index (χ4v) is 2.26. The Morgan fingerprint density at radius 1 is 1.10 bits per heavy atom. The van der Waals surface area contributed by atoms with Crippen molar-refractivity contribution in [2.24, 2.45) is 5.73 Å². The molecule has 0 spiro atoms. The predicted molar refractivity (Wildman–Crippen MR) is 75.1 cm³/mol. The van der Waals surface area contributed by atoms with Crippen molar-refractivity contribution in [1.82, 2.24) is 0 Å². The third-order valence-electron chi connectivity index (χ3n) is 3.16. The molecule has 0 heterocycles. The lowest BCUT2D eigenvalue weighted by molar-refractivity contribution is 0.414. The van der Waals surface area contributed by atoms with Crippen molar-refractivity contribution in [2.45, 2.75) is 13.0 Å². The summed E-state index contributed by atoms with van der Waals surface area (Å²) < 4.78 is 32.2. The van der Waals surface area contributed by atoms with Crippen LogP contribution in [0.25, 0.3) is 0 Å². The molecule has 20 heavy (non-hydrogen) atoms. The van der Waals surface area contributed by atoms with Gasteiger partial charge in [-0.3, -0.25) is 0 Å². The van der Waals surface area contributed by atoms with E-state index in [0.717, 1.165) is 6.07 Å². The Morgan fingerprint density at radius 2 is 1.80 bits per heavy atom. The molecule has 0 bridgehead atoms. The minimum Gasteiger partial charge on any atom is -0.497 e. The van der Waals surface area contributed by atoms with Crippen LogP contribution in [0.3, 0.4) is 0 Å². The lowest BCUT2D eigenvalue weighted by Gasteiger charge is -2.16. The van der Waals surface area contributed by atoms with Gasteiger partial charge in [-0.25, -0.2) is 8.78 Å². The van der Waals surface area contributed by atoms with Gasteiger partial charge in [-0.15, -0.1) is 0 Å². The maximum atomic E-state index is 13.9. The van der Waals surface area contributed by atoms with Crippen molar-refractivity contribution in [1.29, 1.82) is 0 Å². The van der Waals surface area contributed by atoms with Gasteiger partial charge in [-0.05, 0) is 36.2 Å². The van der Waals surface area contributed by atoms with Crippen LogP contribution < -0.4 is 10.5 Å². The molecule has 106 valence electrons. The van der Waals surface area contributed by atoms with Crippen molar-refractivity contribution in [3.05, 3.63) is 63.7 Å². The first-order valence-electron chi connectivity index (χ1n) is 5.98. The highest BCUT2D eigenvalue weighted by Crippen LogP contribution is 2.31. The van der Waals surface area contributed by atoms with Gasteiger partial charge in [-0.2, -0.15) is 0 Å². The van der Waals surface area contributed by atoms with Crippen LogP contribution in [0.1, 0.15) is 22.7 Å². The Morgan fingerprint density at radius 3 is 2.40 bits per heavy atom. The lowest BCUT2D eigenvalue weighted by atomic mass is 9.97. The van der Waals surface area contributed by atoms with E-state index in [1.54, 1.807) is 25.1 Å². The van der Waals surface area contributed by atoms with Gasteiger partial charge in [-0.1, -0.05) is 17.7 Å². The van der Waals surface area contributed by atoms with Crippen molar-refractivity contribution in [2.75, 3.05) is 7.11 Å². The predicted octanol–water partition coefficient (Wildman–Crippen LogP) is 3.98. The molecule has 2 aromatic rings. The van der Waals surface area contributed by atoms with Gasteiger partial charge in [0.1, 0.15) is 17.4 Å². The maximum Gasteiger partial charge on any atom is 0.131 e. The van der Waals surface area contributed by atoms with Gasteiger partial charge in [0.2, 0.25) is 0 Å². The number of methoxy groups -OCH3 is 1. The molecule has 2 N–H and O–H groups in total. The van der Waals surface area contributed by atoms with Crippen LogP contribution in [0.15, 0.2) is 30.3 Å². The molecular formula is C15H14ClF2NO. The fourth-order valence-electron chi connectivity index (χ4n) is 1.97. The van der Waals surface area contributed by atoms with E-state index < -0.39 is 17.7 Å². The summed E-state index contributed by atoms with van der Waals surface area (Å²) in [5.74, 6) is -0.700. The summed E-state index contributed by atoms with van der Waals surface area (Å²) in [5, 5.41) is 0.373. The molecular weight excluding hydrogens is 284 g/mol. The number of nitrogens with two attached hydrogens (primary N) is 1. The maximum absolute atomic E-state index is 13.9. The van der Waals surface area contributed by atoms with Crippen LogP contribution in [0, 0.1) is 18.6 Å². The number of benzene rings is 2. The highest BCUT2D eigenvalue weighted by molar-refractivity contribution is 6.31. The van der Waals surface area contributed by atoms with E-state index in [2.05, 4.69) is 0 Å². The molecule has 1 unspecified atom stereocenters. The van der Waals surface area contributed by atoms with Crippen molar-refractivity contribution in [3.63, 3.8) is 0 Å². The van der Waals surface area contributed by atoms with Gasteiger partial charge in [0, 0.05) is 16.7 Å². The van der Waals surface area contributed by atoms with E-state index in [1.807, 2.05) is 0 Å². The van der Waals surface area contributed by atoms with Crippen LogP contribution in [-0.2, 0) is 0 Å². The van der Waals surface area contributed by atoms with Crippen LogP contribution >= 0.6 is 11.6 Å². The minimum atomic E-state index is -0.771. The molecule has 5 heteroatoms. The monoisotopic (exact) mass is 297 g/mol. The van der Waals surface area contributed by atoms with Crippen LogP contribution in [0.4, 0.5) is 8.78 Å². The summed E-state index contributed by atoms with van der Waals surface area (Å²) in [7, 11) is 1.52. The van der Waals surface area contributed by atoms with Gasteiger partial charge < -0.3 is 10.5 Å². The Balaban J connectivity index is 2.46. The fraction of sp³-hybridized carbons (Fsp3) is 0.200. The second-order valence-corrected chi connectivity index (χ2v) is 4.90. The highest BCUT2D eigenvalue weighted by atomic mass is 35.5. The standard InChI is InChI=1S/C15H14ClF2NO/c1-8-5-11(14(18)7-13(8)17)15(19)10-4-3-9(20-2)6-12(10)16/h3-7,15H,19H2,1-2H3. The molecule has 0 saturated heterocycles. The van der Waals surface area contributed by atoms with E-state index in [-0.39, 0.29) is 5.56 Å². The van der Waals surface area contributed by atoms with Crippen LogP contribution in [-0.4, -0.2) is 7.11 Å². The number of halogens is 3. The molecule has 2 aromatic carbocycles. The molecule has 0 aliphatic heterocycles. The topological polar surface area (TPSA) is 35.2 Å². The highest BCUT2D eigenvalue weighted by Gasteiger charge is 2.18. The summed E-state index contributed by atoms with van der Waals surface area (Å²) in [4.78, 5) is 0. The third kappa shape index (κ3) is 2.76. The average molecular weight is 298 g/mol. The van der Waals surface area contributed by atoms with E-state index in [0.29, 0.717) is 21.9 Å². The zero-order valence-corrected chi connectivity index (χ0v) is 11.8. The normalized spacial score (nSPS) is 12.3. The Kier molecular flexibility index (Phi) is 4.26. The van der Waals surface area contributed by atoms with E-state index >= 15 is 0 Å². The molecule has 0 aliphatic carbocycles. The van der Waals surface area contributed by atoms with Crippen molar-refractivity contribution < 1.29 is 13.5 Å². The first kappa shape index (κ1) is 14.8. The summed E-state index contributed by atoms with van der Waals surface area (Å²) in [5.41, 5.74) is 7.13. The first-order valence-corrected chi connectivity index (χ1v) is 6.36. The quantitative estimate of drug-likeness (QED) is 0.930. The SMILES string of the molecule is COc1ccc(C(N)c2cc(C)c(F)cc2F)c(Cl)c1. The van der Waals surface area contributed by atoms with Gasteiger partial charge in [0.15, 0.2) is 0 Å². The number of aryl methyl sites for hydroxylation is 1. The van der Waals surface area contributed by atoms with Crippen LogP contribution in [0.5, 0.6) is 5.75 Å². The lowest BCUT2D eigenvalue weighted by Crippen LogP contribution is -2.15. The van der Waals surface area contributed by atoms with Gasteiger partial charge >= 0.3 is 0 Å². The number of rotatable bonds is 3. The van der Waals surface area contributed by atoms with Crippen LogP contribution in [0.2, 0.25) is 5.02 Å². The summed E-state index contributed by atoms with van der Waals surface area (Å²) in [6, 6.07) is 6.43. The van der Waals surface area contributed by atoms with Crippen molar-refractivity contribution >= 4 is 11.6 Å². The molecule has 2 nitrogen and oxygen atoms in total. The summed E-state index contributed by atoms with van der Waals surface area (Å²) in [6.45, 7) is 1.56. The first-order chi connectivity index (χ1) is 9.43. The number of ether oxygens (including phenoxy) is 1. The largest absolute Gasteiger partial charge is 0.497 e. The van der Waals surface area contributed by atoms with Gasteiger partial charge in [0.25, 0.3) is 0 Å². The molecule has 2 rings (SSSR count). The zero-order valence-electron chi connectivity index (χ0n) is 11.1. The van der Waals surface area contributed by atoms with Gasteiger partial charge in [0.05, 0.1) is 13.2 Å². The molecule has 0 fully saturated rings. The number of hydrogen-bond donors (Lipinski definition) is 1. The third-order valence-corrected chi connectivity index (χ3v) is 3.48. The summed E-state index contributed by atoms with van der Waals surface area (Å²) >= 11 is 6.12. The molecule has 0 aliphatic rings. The Bertz CT molecular complexity index is 646. The number of hydrogen-bond acceptors (Lipinski definition) is 2. The summed E-state index contributed by atoms with van der Waals surface area (Å²) in [6.07, 6.45) is 0. The van der Waals surface area contributed by atoms with E-state index in [4.69, 9.17) is 22.1 Å². The Hall–Kier alpha value is -1.65. The molecule has 0 saturated carbocycles. The second-order valence-electron chi connectivity index (χ2n) is 4.49. The van der Waals surface area contributed by atoms with Crippen molar-refractivity contribution in [3.8, 4) is 5.75 Å². The van der Waals surface area contributed by atoms with E-state index in [9.17, 15) is 8.78 Å². The minimum absolute atomic E-state index is 0.205. The molecule has 0 radical (unpaired) electrons. The molecule has 0 amide bonds. The molecule has 1 atom stereocenters.